The Morgan fingerprint density at radius 2 is 1.52 bits per heavy atom. The molecule has 0 aliphatic carbocycles. The van der Waals surface area contributed by atoms with Crippen LogP contribution in [0.15, 0.2) is 0 Å². The highest BCUT2D eigenvalue weighted by atomic mass is 32.2. The Labute approximate surface area is 138 Å². The molecular formula is C15H28O7S. The average Bonchev–Trinajstić information content (AvgIpc) is 2.48. The summed E-state index contributed by atoms with van der Waals surface area (Å²) >= 11 is 0. The number of unbranched alkanes of at least 4 members (excludes halogenated alkanes) is 5. The lowest BCUT2D eigenvalue weighted by Gasteiger charge is -2.13. The van der Waals surface area contributed by atoms with Crippen molar-refractivity contribution in [3.8, 4) is 0 Å². The van der Waals surface area contributed by atoms with Gasteiger partial charge in [0.05, 0.1) is 19.6 Å². The topological polar surface area (TPSA) is 107 Å². The lowest BCUT2D eigenvalue weighted by molar-refractivity contribution is -0.150. The SMILES string of the molecule is CCCCCCCCOC(=O)C(CC(=O)OCCC)S(=O)(=O)O. The minimum atomic E-state index is -4.71. The highest BCUT2D eigenvalue weighted by Gasteiger charge is 2.35. The molecule has 0 aliphatic heterocycles. The summed E-state index contributed by atoms with van der Waals surface area (Å²) in [7, 11) is -4.71. The highest BCUT2D eigenvalue weighted by molar-refractivity contribution is 7.87. The summed E-state index contributed by atoms with van der Waals surface area (Å²) in [6, 6.07) is 0. The standard InChI is InChI=1S/C15H28O7S/c1-3-5-6-7-8-9-11-22-15(17)13(23(18,19)20)12-14(16)21-10-4-2/h13H,3-12H2,1-2H3,(H,18,19,20). The van der Waals surface area contributed by atoms with E-state index in [1.165, 1.54) is 0 Å². The van der Waals surface area contributed by atoms with Crippen LogP contribution in [0.1, 0.15) is 65.2 Å². The van der Waals surface area contributed by atoms with Gasteiger partial charge in [-0.3, -0.25) is 14.1 Å². The normalized spacial score (nSPS) is 12.7. The number of carbonyl (C=O) groups excluding carboxylic acids is 2. The Hall–Kier alpha value is -1.15. The van der Waals surface area contributed by atoms with E-state index in [4.69, 9.17) is 14.0 Å². The van der Waals surface area contributed by atoms with Crippen molar-refractivity contribution in [1.29, 1.82) is 0 Å². The molecule has 1 atom stereocenters. The van der Waals surface area contributed by atoms with Crippen LogP contribution in [-0.4, -0.2) is 43.4 Å². The maximum atomic E-state index is 11.8. The van der Waals surface area contributed by atoms with Gasteiger partial charge in [-0.2, -0.15) is 8.42 Å². The van der Waals surface area contributed by atoms with Gasteiger partial charge in [0.15, 0.2) is 5.25 Å². The van der Waals surface area contributed by atoms with Crippen molar-refractivity contribution in [2.75, 3.05) is 13.2 Å². The number of hydrogen-bond acceptors (Lipinski definition) is 6. The van der Waals surface area contributed by atoms with Crippen LogP contribution in [0.2, 0.25) is 0 Å². The third-order valence-corrected chi connectivity index (χ3v) is 4.26. The van der Waals surface area contributed by atoms with Gasteiger partial charge in [0.2, 0.25) is 0 Å². The molecule has 0 radical (unpaired) electrons. The maximum Gasteiger partial charge on any atom is 0.327 e. The second kappa shape index (κ2) is 12.3. The Bertz CT molecular complexity index is 445. The predicted octanol–water partition coefficient (Wildman–Crippen LogP) is 2.49. The van der Waals surface area contributed by atoms with E-state index < -0.39 is 33.7 Å². The molecule has 0 amide bonds. The van der Waals surface area contributed by atoms with E-state index in [0.29, 0.717) is 12.8 Å². The fraction of sp³-hybridized carbons (Fsp3) is 0.867. The maximum absolute atomic E-state index is 11.8. The monoisotopic (exact) mass is 352 g/mol. The van der Waals surface area contributed by atoms with E-state index in [2.05, 4.69) is 6.92 Å². The number of rotatable bonds is 13. The molecule has 0 bridgehead atoms. The molecule has 1 N–H and O–H groups in total. The molecule has 0 aromatic heterocycles. The van der Waals surface area contributed by atoms with Gasteiger partial charge in [0.25, 0.3) is 10.1 Å². The molecule has 0 fully saturated rings. The molecule has 7 nitrogen and oxygen atoms in total. The van der Waals surface area contributed by atoms with Crippen LogP contribution in [0.3, 0.4) is 0 Å². The van der Waals surface area contributed by atoms with E-state index in [-0.39, 0.29) is 13.2 Å². The summed E-state index contributed by atoms with van der Waals surface area (Å²) in [5.41, 5.74) is 0. The summed E-state index contributed by atoms with van der Waals surface area (Å²) in [4.78, 5) is 23.2. The lowest BCUT2D eigenvalue weighted by Crippen LogP contribution is -2.34. The quantitative estimate of drug-likeness (QED) is 0.308. The summed E-state index contributed by atoms with van der Waals surface area (Å²) < 4.78 is 41.1. The summed E-state index contributed by atoms with van der Waals surface area (Å²) in [5, 5.41) is -1.92. The summed E-state index contributed by atoms with van der Waals surface area (Å²) in [6.45, 7) is 4.09. The first-order valence-corrected chi connectivity index (χ1v) is 9.61. The van der Waals surface area contributed by atoms with Crippen LogP contribution in [0.25, 0.3) is 0 Å². The highest BCUT2D eigenvalue weighted by Crippen LogP contribution is 2.10. The average molecular weight is 352 g/mol. The molecule has 0 aromatic rings. The fourth-order valence-corrected chi connectivity index (χ4v) is 2.54. The molecule has 0 aromatic carbocycles. The first-order chi connectivity index (χ1) is 10.8. The van der Waals surface area contributed by atoms with E-state index in [1.807, 2.05) is 0 Å². The third kappa shape index (κ3) is 11.1. The first kappa shape index (κ1) is 21.9. The number of esters is 2. The van der Waals surface area contributed by atoms with Gasteiger partial charge < -0.3 is 9.47 Å². The number of carbonyl (C=O) groups is 2. The summed E-state index contributed by atoms with van der Waals surface area (Å²) in [6.07, 6.45) is 5.76. The zero-order valence-corrected chi connectivity index (χ0v) is 14.8. The van der Waals surface area contributed by atoms with Crippen LogP contribution >= 0.6 is 0 Å². The Balaban J connectivity index is 4.25. The Kier molecular flexibility index (Phi) is 11.7. The van der Waals surface area contributed by atoms with Crippen molar-refractivity contribution in [2.45, 2.75) is 70.5 Å². The van der Waals surface area contributed by atoms with Crippen LogP contribution in [0.5, 0.6) is 0 Å². The van der Waals surface area contributed by atoms with Gasteiger partial charge in [-0.05, 0) is 12.8 Å². The minimum Gasteiger partial charge on any atom is -0.466 e. The van der Waals surface area contributed by atoms with E-state index in [9.17, 15) is 18.0 Å². The largest absolute Gasteiger partial charge is 0.466 e. The molecule has 136 valence electrons. The fourth-order valence-electron chi connectivity index (χ4n) is 1.88. The van der Waals surface area contributed by atoms with Crippen molar-refractivity contribution in [3.05, 3.63) is 0 Å². The second-order valence-electron chi connectivity index (χ2n) is 5.36. The molecule has 0 heterocycles. The number of ether oxygens (including phenoxy) is 2. The summed E-state index contributed by atoms with van der Waals surface area (Å²) in [5.74, 6) is -1.97. The van der Waals surface area contributed by atoms with Crippen molar-refractivity contribution in [1.82, 2.24) is 0 Å². The first-order valence-electron chi connectivity index (χ1n) is 8.11. The lowest BCUT2D eigenvalue weighted by atomic mass is 10.1. The van der Waals surface area contributed by atoms with Crippen molar-refractivity contribution in [3.63, 3.8) is 0 Å². The van der Waals surface area contributed by atoms with E-state index >= 15 is 0 Å². The van der Waals surface area contributed by atoms with Gasteiger partial charge in [0.1, 0.15) is 0 Å². The minimum absolute atomic E-state index is 0.0704. The van der Waals surface area contributed by atoms with Gasteiger partial charge in [0, 0.05) is 0 Å². The second-order valence-corrected chi connectivity index (χ2v) is 6.96. The van der Waals surface area contributed by atoms with E-state index in [1.54, 1.807) is 6.92 Å². The van der Waals surface area contributed by atoms with Crippen molar-refractivity contribution >= 4 is 22.1 Å². The van der Waals surface area contributed by atoms with Gasteiger partial charge in [-0.15, -0.1) is 0 Å². The molecule has 23 heavy (non-hydrogen) atoms. The molecule has 0 saturated carbocycles. The Morgan fingerprint density at radius 3 is 2.09 bits per heavy atom. The molecule has 0 aliphatic rings. The van der Waals surface area contributed by atoms with Gasteiger partial charge in [-0.25, -0.2) is 0 Å². The molecule has 8 heteroatoms. The molecular weight excluding hydrogens is 324 g/mol. The van der Waals surface area contributed by atoms with Crippen LogP contribution in [-0.2, 0) is 29.2 Å². The molecule has 1 unspecified atom stereocenters. The smallest absolute Gasteiger partial charge is 0.327 e. The zero-order valence-electron chi connectivity index (χ0n) is 14.0. The zero-order chi connectivity index (χ0) is 17.7. The van der Waals surface area contributed by atoms with Crippen LogP contribution in [0.4, 0.5) is 0 Å². The molecule has 0 saturated heterocycles. The molecule has 0 spiro atoms. The predicted molar refractivity (Wildman–Crippen MR) is 85.5 cm³/mol. The van der Waals surface area contributed by atoms with Crippen molar-refractivity contribution < 1.29 is 32.0 Å². The van der Waals surface area contributed by atoms with E-state index in [0.717, 1.165) is 32.1 Å². The van der Waals surface area contributed by atoms with Crippen LogP contribution in [0, 0.1) is 0 Å². The van der Waals surface area contributed by atoms with Crippen molar-refractivity contribution in [2.24, 2.45) is 0 Å². The molecule has 0 rings (SSSR count). The Morgan fingerprint density at radius 1 is 0.913 bits per heavy atom. The van der Waals surface area contributed by atoms with Gasteiger partial charge in [-0.1, -0.05) is 46.0 Å². The van der Waals surface area contributed by atoms with Gasteiger partial charge >= 0.3 is 11.9 Å². The van der Waals surface area contributed by atoms with Crippen LogP contribution < -0.4 is 0 Å². The number of hydrogen-bond donors (Lipinski definition) is 1. The third-order valence-electron chi connectivity index (χ3n) is 3.18.